The molecule has 150 valence electrons. The predicted molar refractivity (Wildman–Crippen MR) is 108 cm³/mol. The van der Waals surface area contributed by atoms with Crippen molar-refractivity contribution in [2.24, 2.45) is 4.99 Å². The van der Waals surface area contributed by atoms with Crippen LogP contribution >= 0.6 is 0 Å². The molecule has 1 heterocycles. The number of H-pyrrole nitrogens is 1. The molecule has 0 aliphatic heterocycles. The summed E-state index contributed by atoms with van der Waals surface area (Å²) in [5, 5.41) is 7.40. The minimum atomic E-state index is -0.218. The van der Waals surface area contributed by atoms with Crippen LogP contribution in [0.3, 0.4) is 0 Å². The van der Waals surface area contributed by atoms with Crippen LogP contribution in [0.15, 0.2) is 29.4 Å². The Morgan fingerprint density at radius 1 is 1.11 bits per heavy atom. The van der Waals surface area contributed by atoms with E-state index in [0.29, 0.717) is 32.9 Å². The van der Waals surface area contributed by atoms with Gasteiger partial charge in [-0.25, -0.2) is 4.39 Å². The minimum Gasteiger partial charge on any atom is -0.379 e. The molecule has 0 radical (unpaired) electrons. The molecule has 7 heteroatoms. The molecule has 0 aliphatic rings. The summed E-state index contributed by atoms with van der Waals surface area (Å²) < 4.78 is 24.4. The summed E-state index contributed by atoms with van der Waals surface area (Å²) in [5.74, 6) is 0.508. The lowest BCUT2D eigenvalue weighted by Gasteiger charge is -2.12. The normalized spacial score (nSPS) is 11.9. The van der Waals surface area contributed by atoms with E-state index in [4.69, 9.17) is 9.47 Å². The molecule has 0 atom stereocenters. The molecule has 0 aliphatic carbocycles. The van der Waals surface area contributed by atoms with E-state index in [1.54, 1.807) is 19.2 Å². The van der Waals surface area contributed by atoms with E-state index in [0.717, 1.165) is 48.3 Å². The molecule has 0 unspecified atom stereocenters. The number of hydrogen-bond donors (Lipinski definition) is 3. The third-order valence-corrected chi connectivity index (χ3v) is 4.19. The highest BCUT2D eigenvalue weighted by Crippen LogP contribution is 2.19. The Morgan fingerprint density at radius 2 is 1.89 bits per heavy atom. The van der Waals surface area contributed by atoms with Crippen molar-refractivity contribution in [3.8, 4) is 0 Å². The van der Waals surface area contributed by atoms with Gasteiger partial charge in [0.15, 0.2) is 5.96 Å². The number of nitrogens with zero attached hydrogens (tertiary/aromatic N) is 1. The molecule has 2 rings (SSSR count). The van der Waals surface area contributed by atoms with Crippen LogP contribution in [-0.4, -0.2) is 57.5 Å². The number of halogens is 1. The van der Waals surface area contributed by atoms with Crippen LogP contribution in [0, 0.1) is 5.82 Å². The van der Waals surface area contributed by atoms with E-state index in [9.17, 15) is 4.39 Å². The fraction of sp³-hybridized carbons (Fsp3) is 0.550. The molecule has 2 aromatic rings. The maximum Gasteiger partial charge on any atom is 0.191 e. The van der Waals surface area contributed by atoms with E-state index in [2.05, 4.69) is 27.5 Å². The molecule has 6 nitrogen and oxygen atoms in total. The molecular formula is C20H31FN4O2. The minimum absolute atomic E-state index is 0.218. The third-order valence-electron chi connectivity index (χ3n) is 4.19. The molecule has 0 saturated carbocycles. The Kier molecular flexibility index (Phi) is 9.65. The fourth-order valence-electron chi connectivity index (χ4n) is 2.70. The van der Waals surface area contributed by atoms with Gasteiger partial charge in [0.25, 0.3) is 0 Å². The highest BCUT2D eigenvalue weighted by molar-refractivity contribution is 5.83. The lowest BCUT2D eigenvalue weighted by atomic mass is 10.1. The molecular weight excluding hydrogens is 347 g/mol. The number of aromatic nitrogens is 1. The monoisotopic (exact) mass is 378 g/mol. The summed E-state index contributed by atoms with van der Waals surface area (Å²) in [4.78, 5) is 7.37. The van der Waals surface area contributed by atoms with Gasteiger partial charge in [-0.15, -0.1) is 0 Å². The Bertz CT molecular complexity index is 702. The van der Waals surface area contributed by atoms with E-state index in [-0.39, 0.29) is 5.82 Å². The molecule has 0 amide bonds. The van der Waals surface area contributed by atoms with Crippen molar-refractivity contribution >= 4 is 16.9 Å². The predicted octanol–water partition coefficient (Wildman–Crippen LogP) is 2.85. The Labute approximate surface area is 160 Å². The smallest absolute Gasteiger partial charge is 0.191 e. The van der Waals surface area contributed by atoms with Crippen molar-refractivity contribution in [3.05, 3.63) is 35.8 Å². The van der Waals surface area contributed by atoms with Crippen LogP contribution in [0.1, 0.15) is 25.3 Å². The summed E-state index contributed by atoms with van der Waals surface area (Å²) in [6, 6.07) is 4.79. The lowest BCUT2D eigenvalue weighted by Crippen LogP contribution is -2.39. The van der Waals surface area contributed by atoms with Crippen LogP contribution < -0.4 is 10.6 Å². The summed E-state index contributed by atoms with van der Waals surface area (Å²) in [6.07, 6.45) is 4.94. The van der Waals surface area contributed by atoms with Crippen LogP contribution in [0.25, 0.3) is 10.9 Å². The SMILES string of the molecule is CCCCOCCOCCNC(=NC)NCCc1c[nH]c2ccc(F)cc12. The number of unbranched alkanes of at least 4 members (excludes halogenated alkanes) is 1. The van der Waals surface area contributed by atoms with Crippen molar-refractivity contribution < 1.29 is 13.9 Å². The van der Waals surface area contributed by atoms with E-state index < -0.39 is 0 Å². The Balaban J connectivity index is 1.59. The topological polar surface area (TPSA) is 70.7 Å². The van der Waals surface area contributed by atoms with Gasteiger partial charge in [0.1, 0.15) is 5.82 Å². The van der Waals surface area contributed by atoms with Gasteiger partial charge in [0, 0.05) is 43.8 Å². The van der Waals surface area contributed by atoms with Crippen molar-refractivity contribution in [1.29, 1.82) is 0 Å². The van der Waals surface area contributed by atoms with Crippen LogP contribution in [0.5, 0.6) is 0 Å². The second-order valence-corrected chi connectivity index (χ2v) is 6.26. The second kappa shape index (κ2) is 12.3. The number of nitrogens with one attached hydrogen (secondary N) is 3. The number of benzene rings is 1. The standard InChI is InChI=1S/C20H31FN4O2/c1-3-4-10-26-12-13-27-11-9-24-20(22-2)23-8-7-16-15-25-19-6-5-17(21)14-18(16)19/h5-6,14-15,25H,3-4,7-13H2,1-2H3,(H2,22,23,24). The Morgan fingerprint density at radius 3 is 2.67 bits per heavy atom. The number of aliphatic imine (C=N–C) groups is 1. The zero-order valence-electron chi connectivity index (χ0n) is 16.3. The van der Waals surface area contributed by atoms with Crippen molar-refractivity contribution in [2.75, 3.05) is 46.6 Å². The highest BCUT2D eigenvalue weighted by Gasteiger charge is 2.05. The quantitative estimate of drug-likeness (QED) is 0.302. The molecule has 0 spiro atoms. The lowest BCUT2D eigenvalue weighted by molar-refractivity contribution is 0.0487. The first kappa shape index (κ1) is 21.2. The van der Waals surface area contributed by atoms with Gasteiger partial charge >= 0.3 is 0 Å². The summed E-state index contributed by atoms with van der Waals surface area (Å²) >= 11 is 0. The molecule has 0 bridgehead atoms. The largest absolute Gasteiger partial charge is 0.379 e. The van der Waals surface area contributed by atoms with Crippen LogP contribution in [-0.2, 0) is 15.9 Å². The van der Waals surface area contributed by atoms with Crippen molar-refractivity contribution in [3.63, 3.8) is 0 Å². The van der Waals surface area contributed by atoms with Gasteiger partial charge in [-0.2, -0.15) is 0 Å². The number of aromatic amines is 1. The average Bonchev–Trinajstić information content (AvgIpc) is 3.07. The second-order valence-electron chi connectivity index (χ2n) is 6.26. The van der Waals surface area contributed by atoms with Crippen molar-refractivity contribution in [1.82, 2.24) is 15.6 Å². The first-order chi connectivity index (χ1) is 13.2. The van der Waals surface area contributed by atoms with Gasteiger partial charge in [0.05, 0.1) is 19.8 Å². The third kappa shape index (κ3) is 7.56. The number of guanidine groups is 1. The molecule has 0 fully saturated rings. The maximum atomic E-state index is 13.4. The summed E-state index contributed by atoms with van der Waals surface area (Å²) in [7, 11) is 1.73. The zero-order chi connectivity index (χ0) is 19.3. The number of fused-ring (bicyclic) bond motifs is 1. The molecule has 1 aromatic carbocycles. The summed E-state index contributed by atoms with van der Waals surface area (Å²) in [5.41, 5.74) is 2.03. The molecule has 0 saturated heterocycles. The maximum absolute atomic E-state index is 13.4. The molecule has 3 N–H and O–H groups in total. The van der Waals surface area contributed by atoms with E-state index in [1.165, 1.54) is 6.07 Å². The first-order valence-corrected chi connectivity index (χ1v) is 9.60. The molecule has 27 heavy (non-hydrogen) atoms. The van der Waals surface area contributed by atoms with Crippen LogP contribution in [0.2, 0.25) is 0 Å². The summed E-state index contributed by atoms with van der Waals surface area (Å²) in [6.45, 7) is 6.17. The van der Waals surface area contributed by atoms with Gasteiger partial charge in [-0.1, -0.05) is 13.3 Å². The van der Waals surface area contributed by atoms with Gasteiger partial charge in [-0.05, 0) is 36.6 Å². The zero-order valence-corrected chi connectivity index (χ0v) is 16.3. The van der Waals surface area contributed by atoms with Crippen molar-refractivity contribution in [2.45, 2.75) is 26.2 Å². The van der Waals surface area contributed by atoms with Crippen LogP contribution in [0.4, 0.5) is 4.39 Å². The fourth-order valence-corrected chi connectivity index (χ4v) is 2.70. The van der Waals surface area contributed by atoms with Gasteiger partial charge in [-0.3, -0.25) is 4.99 Å². The van der Waals surface area contributed by atoms with E-state index in [1.807, 2.05) is 6.20 Å². The van der Waals surface area contributed by atoms with Gasteiger partial charge < -0.3 is 25.1 Å². The Hall–Kier alpha value is -2.12. The first-order valence-electron chi connectivity index (χ1n) is 9.60. The number of rotatable bonds is 12. The highest BCUT2D eigenvalue weighted by atomic mass is 19.1. The van der Waals surface area contributed by atoms with E-state index >= 15 is 0 Å². The van der Waals surface area contributed by atoms with Gasteiger partial charge in [0.2, 0.25) is 0 Å². The number of hydrogen-bond acceptors (Lipinski definition) is 3. The average molecular weight is 378 g/mol. The molecule has 1 aromatic heterocycles. The number of ether oxygens (including phenoxy) is 2.